The van der Waals surface area contributed by atoms with E-state index in [0.717, 1.165) is 0 Å². The number of unbranched alkanes of at least 4 members (excludes halogenated alkanes) is 2. The number of hydrogen-bond donors (Lipinski definition) is 4. The van der Waals surface area contributed by atoms with Crippen molar-refractivity contribution in [3.05, 3.63) is 0 Å². The first-order valence-electron chi connectivity index (χ1n) is 6.67. The molecule has 1 fully saturated rings. The fourth-order valence-corrected chi connectivity index (χ4v) is 1.98. The highest BCUT2D eigenvalue weighted by atomic mass is 19.3. The van der Waals surface area contributed by atoms with Gasteiger partial charge in [-0.1, -0.05) is 6.42 Å². The van der Waals surface area contributed by atoms with Crippen LogP contribution in [-0.2, 0) is 9.47 Å². The predicted octanol–water partition coefficient (Wildman–Crippen LogP) is -0.372. The molecule has 1 saturated heterocycles. The fraction of sp³-hybridized carbons (Fsp3) is 1.00. The average Bonchev–Trinajstić information content (AvgIpc) is 2.42. The molecule has 0 spiro atoms. The van der Waals surface area contributed by atoms with Gasteiger partial charge in [-0.05, 0) is 12.8 Å². The number of halogens is 2. The molecule has 0 amide bonds. The van der Waals surface area contributed by atoms with Gasteiger partial charge in [0, 0.05) is 13.0 Å². The predicted molar refractivity (Wildman–Crippen MR) is 64.2 cm³/mol. The first-order chi connectivity index (χ1) is 9.47. The van der Waals surface area contributed by atoms with Crippen molar-refractivity contribution >= 4 is 0 Å². The zero-order chi connectivity index (χ0) is 15.1. The molecule has 0 bridgehead atoms. The first kappa shape index (κ1) is 17.7. The van der Waals surface area contributed by atoms with Crippen LogP contribution in [0.25, 0.3) is 0 Å². The summed E-state index contributed by atoms with van der Waals surface area (Å²) in [6, 6.07) is 0. The van der Waals surface area contributed by atoms with Crippen molar-refractivity contribution in [1.29, 1.82) is 0 Å². The van der Waals surface area contributed by atoms with E-state index in [2.05, 4.69) is 0 Å². The van der Waals surface area contributed by atoms with Gasteiger partial charge >= 0.3 is 0 Å². The van der Waals surface area contributed by atoms with Gasteiger partial charge in [-0.25, -0.2) is 8.78 Å². The summed E-state index contributed by atoms with van der Waals surface area (Å²) in [7, 11) is 0. The summed E-state index contributed by atoms with van der Waals surface area (Å²) in [5, 5.41) is 37.7. The summed E-state index contributed by atoms with van der Waals surface area (Å²) < 4.78 is 34.1. The summed E-state index contributed by atoms with van der Waals surface area (Å²) >= 11 is 0. The maximum atomic E-state index is 11.9. The monoisotopic (exact) mass is 300 g/mol. The Bertz CT molecular complexity index is 266. The van der Waals surface area contributed by atoms with Gasteiger partial charge in [-0.2, -0.15) is 0 Å². The fourth-order valence-electron chi connectivity index (χ4n) is 1.98. The lowest BCUT2D eigenvalue weighted by Crippen LogP contribution is -2.59. The van der Waals surface area contributed by atoms with E-state index in [0.29, 0.717) is 19.3 Å². The molecule has 1 rings (SSSR count). The van der Waals surface area contributed by atoms with Crippen LogP contribution in [0, 0.1) is 0 Å². The second kappa shape index (κ2) is 8.81. The van der Waals surface area contributed by atoms with E-state index in [-0.39, 0.29) is 13.0 Å². The molecule has 0 aromatic rings. The van der Waals surface area contributed by atoms with E-state index in [9.17, 15) is 24.1 Å². The molecule has 1 aliphatic rings. The van der Waals surface area contributed by atoms with Gasteiger partial charge < -0.3 is 29.9 Å². The molecule has 0 saturated carbocycles. The minimum Gasteiger partial charge on any atom is -0.394 e. The summed E-state index contributed by atoms with van der Waals surface area (Å²) in [5.41, 5.74) is 0. The summed E-state index contributed by atoms with van der Waals surface area (Å²) in [6.07, 6.45) is -7.46. The maximum absolute atomic E-state index is 11.9. The van der Waals surface area contributed by atoms with Crippen LogP contribution in [0.15, 0.2) is 0 Å². The van der Waals surface area contributed by atoms with E-state index in [4.69, 9.17) is 14.6 Å². The second-order valence-electron chi connectivity index (χ2n) is 4.81. The third-order valence-corrected chi connectivity index (χ3v) is 3.20. The minimum atomic E-state index is -2.30. The Morgan fingerprint density at radius 3 is 2.30 bits per heavy atom. The number of rotatable bonds is 8. The van der Waals surface area contributed by atoms with Gasteiger partial charge in [0.05, 0.1) is 6.61 Å². The lowest BCUT2D eigenvalue weighted by Gasteiger charge is -2.39. The number of ether oxygens (including phenoxy) is 2. The molecule has 0 radical (unpaired) electrons. The number of aliphatic hydroxyl groups excluding tert-OH is 4. The molecule has 120 valence electrons. The molecule has 1 aliphatic heterocycles. The Labute approximate surface area is 115 Å². The van der Waals surface area contributed by atoms with Crippen molar-refractivity contribution < 1.29 is 38.7 Å². The molecule has 8 heteroatoms. The van der Waals surface area contributed by atoms with E-state index in [1.54, 1.807) is 0 Å². The summed E-state index contributed by atoms with van der Waals surface area (Å²) in [4.78, 5) is 0. The van der Waals surface area contributed by atoms with Crippen molar-refractivity contribution in [1.82, 2.24) is 0 Å². The maximum Gasteiger partial charge on any atom is 0.238 e. The van der Waals surface area contributed by atoms with Crippen molar-refractivity contribution in [2.75, 3.05) is 13.2 Å². The summed E-state index contributed by atoms with van der Waals surface area (Å²) in [5.74, 6) is 0. The largest absolute Gasteiger partial charge is 0.394 e. The molecular weight excluding hydrogens is 278 g/mol. The molecular formula is C12H22F2O6. The third-order valence-electron chi connectivity index (χ3n) is 3.20. The topological polar surface area (TPSA) is 99.4 Å². The summed E-state index contributed by atoms with van der Waals surface area (Å²) in [6.45, 7) is -0.342. The Hall–Kier alpha value is -0.380. The molecule has 0 aromatic carbocycles. The highest BCUT2D eigenvalue weighted by Crippen LogP contribution is 2.22. The third kappa shape index (κ3) is 5.19. The highest BCUT2D eigenvalue weighted by Gasteiger charge is 2.43. The average molecular weight is 300 g/mol. The molecule has 0 aliphatic carbocycles. The van der Waals surface area contributed by atoms with Crippen LogP contribution in [0.2, 0.25) is 0 Å². The van der Waals surface area contributed by atoms with Crippen molar-refractivity contribution in [3.63, 3.8) is 0 Å². The molecule has 6 nitrogen and oxygen atoms in total. The second-order valence-corrected chi connectivity index (χ2v) is 4.81. The van der Waals surface area contributed by atoms with Crippen LogP contribution < -0.4 is 0 Å². The molecule has 5 atom stereocenters. The van der Waals surface area contributed by atoms with E-state index in [1.807, 2.05) is 0 Å². The van der Waals surface area contributed by atoms with E-state index < -0.39 is 43.7 Å². The zero-order valence-corrected chi connectivity index (χ0v) is 11.1. The molecule has 0 unspecified atom stereocenters. The quantitative estimate of drug-likeness (QED) is 0.456. The normalized spacial score (nSPS) is 34.6. The Morgan fingerprint density at radius 1 is 1.00 bits per heavy atom. The Kier molecular flexibility index (Phi) is 7.78. The van der Waals surface area contributed by atoms with Gasteiger partial charge in [0.1, 0.15) is 24.4 Å². The van der Waals surface area contributed by atoms with Gasteiger partial charge in [0.2, 0.25) is 6.43 Å². The van der Waals surface area contributed by atoms with E-state index >= 15 is 0 Å². The van der Waals surface area contributed by atoms with E-state index in [1.165, 1.54) is 0 Å². The van der Waals surface area contributed by atoms with Crippen LogP contribution in [0.4, 0.5) is 8.78 Å². The van der Waals surface area contributed by atoms with Gasteiger partial charge in [-0.3, -0.25) is 0 Å². The highest BCUT2D eigenvalue weighted by molar-refractivity contribution is 4.88. The first-order valence-corrected chi connectivity index (χ1v) is 6.67. The number of aliphatic hydroxyl groups is 4. The van der Waals surface area contributed by atoms with Crippen LogP contribution in [0.1, 0.15) is 25.7 Å². The lowest BCUT2D eigenvalue weighted by molar-refractivity contribution is -0.301. The van der Waals surface area contributed by atoms with Gasteiger partial charge in [0.15, 0.2) is 6.29 Å². The van der Waals surface area contributed by atoms with Crippen LogP contribution in [0.5, 0.6) is 0 Å². The van der Waals surface area contributed by atoms with Crippen LogP contribution >= 0.6 is 0 Å². The van der Waals surface area contributed by atoms with Crippen molar-refractivity contribution in [2.24, 2.45) is 0 Å². The smallest absolute Gasteiger partial charge is 0.238 e. The van der Waals surface area contributed by atoms with Gasteiger partial charge in [-0.15, -0.1) is 0 Å². The van der Waals surface area contributed by atoms with Crippen molar-refractivity contribution in [2.45, 2.75) is 62.8 Å². The molecule has 0 aromatic heterocycles. The molecule has 1 heterocycles. The molecule has 20 heavy (non-hydrogen) atoms. The number of hydrogen-bond acceptors (Lipinski definition) is 6. The minimum absolute atomic E-state index is 0.153. The SMILES string of the molecule is OC[C@H]1O[C@@H](OCCCCCC(F)F)[C@H](O)[C@@H](O)[C@@H]1O. The lowest BCUT2D eigenvalue weighted by atomic mass is 9.99. The van der Waals surface area contributed by atoms with Crippen LogP contribution in [-0.4, -0.2) is 70.8 Å². The number of alkyl halides is 2. The van der Waals surface area contributed by atoms with Crippen molar-refractivity contribution in [3.8, 4) is 0 Å². The standard InChI is InChI=1S/C12H22F2O6/c13-8(14)4-2-1-3-5-19-12-11(18)10(17)9(16)7(6-15)20-12/h7-12,15-18H,1-6H2/t7-,9-,10+,11-,12-/m1/s1. The molecule has 4 N–H and O–H groups in total. The van der Waals surface area contributed by atoms with Crippen LogP contribution in [0.3, 0.4) is 0 Å². The Morgan fingerprint density at radius 2 is 1.70 bits per heavy atom. The van der Waals surface area contributed by atoms with Gasteiger partial charge in [0.25, 0.3) is 0 Å². The zero-order valence-electron chi connectivity index (χ0n) is 11.1. The Balaban J connectivity index is 2.25.